The van der Waals surface area contributed by atoms with E-state index in [1.165, 1.54) is 0 Å². The molecule has 2 aliphatic carbocycles. The topological polar surface area (TPSA) is 49.8 Å². The van der Waals surface area contributed by atoms with Crippen molar-refractivity contribution >= 4 is 5.97 Å². The summed E-state index contributed by atoms with van der Waals surface area (Å²) in [5.41, 5.74) is -0.812. The Morgan fingerprint density at radius 1 is 1.08 bits per heavy atom. The number of benzene rings is 1. The quantitative estimate of drug-likeness (QED) is 0.854. The van der Waals surface area contributed by atoms with Crippen LogP contribution in [0.3, 0.4) is 0 Å². The second kappa shape index (κ2) is 6.73. The van der Waals surface area contributed by atoms with Crippen molar-refractivity contribution in [3.8, 4) is 0 Å². The van der Waals surface area contributed by atoms with Gasteiger partial charge >= 0.3 is 5.97 Å². The van der Waals surface area contributed by atoms with Crippen LogP contribution in [0.2, 0.25) is 0 Å². The molecule has 4 heteroatoms. The maximum absolute atomic E-state index is 13.2. The molecule has 0 aromatic heterocycles. The summed E-state index contributed by atoms with van der Waals surface area (Å²) in [4.78, 5) is 15.6. The summed E-state index contributed by atoms with van der Waals surface area (Å²) in [5, 5.41) is 11.5. The molecule has 2 bridgehead atoms. The molecule has 1 heterocycles. The number of hydrogen-bond donors (Lipinski definition) is 1. The summed E-state index contributed by atoms with van der Waals surface area (Å²) >= 11 is 0. The summed E-state index contributed by atoms with van der Waals surface area (Å²) in [6.07, 6.45) is 6.15. The third kappa shape index (κ3) is 3.00. The highest BCUT2D eigenvalue weighted by molar-refractivity contribution is 5.82. The van der Waals surface area contributed by atoms with E-state index in [0.29, 0.717) is 17.4 Å². The Morgan fingerprint density at radius 3 is 2.28 bits per heavy atom. The Kier molecular flexibility index (Phi) is 4.59. The van der Waals surface area contributed by atoms with Crippen LogP contribution in [0.4, 0.5) is 0 Å². The fourth-order valence-electron chi connectivity index (χ4n) is 5.37. The lowest BCUT2D eigenvalue weighted by atomic mass is 9.80. The number of carbonyl (C=O) groups is 1. The van der Waals surface area contributed by atoms with Crippen LogP contribution in [0.5, 0.6) is 0 Å². The second-order valence-corrected chi connectivity index (χ2v) is 8.30. The van der Waals surface area contributed by atoms with Gasteiger partial charge in [0.05, 0.1) is 0 Å². The van der Waals surface area contributed by atoms with Gasteiger partial charge in [-0.2, -0.15) is 0 Å². The van der Waals surface area contributed by atoms with Crippen molar-refractivity contribution in [2.24, 2.45) is 17.8 Å². The van der Waals surface area contributed by atoms with Crippen molar-refractivity contribution in [2.45, 2.75) is 50.2 Å². The lowest BCUT2D eigenvalue weighted by Gasteiger charge is -2.39. The number of ether oxygens (including phenoxy) is 1. The number of esters is 1. The van der Waals surface area contributed by atoms with E-state index in [0.717, 1.165) is 51.6 Å². The van der Waals surface area contributed by atoms with Crippen molar-refractivity contribution in [1.82, 2.24) is 4.90 Å². The highest BCUT2D eigenvalue weighted by Gasteiger charge is 2.51. The number of fused-ring (bicyclic) bond motifs is 2. The minimum atomic E-state index is -1.50. The van der Waals surface area contributed by atoms with Gasteiger partial charge < -0.3 is 14.7 Å². The molecule has 3 aliphatic rings. The monoisotopic (exact) mass is 343 g/mol. The number of rotatable bonds is 4. The predicted molar refractivity (Wildman–Crippen MR) is 95.9 cm³/mol. The largest absolute Gasteiger partial charge is 0.459 e. The summed E-state index contributed by atoms with van der Waals surface area (Å²) in [5.74, 6) is 0.371. The zero-order chi connectivity index (χ0) is 17.4. The first-order valence-corrected chi connectivity index (χ1v) is 9.76. The molecule has 136 valence electrons. The molecule has 1 aromatic carbocycles. The molecule has 1 aromatic rings. The maximum Gasteiger partial charge on any atom is 0.343 e. The van der Waals surface area contributed by atoms with Gasteiger partial charge in [-0.3, -0.25) is 0 Å². The number of likely N-dealkylation sites (tertiary alicyclic amines) is 1. The zero-order valence-corrected chi connectivity index (χ0v) is 15.1. The molecule has 0 radical (unpaired) electrons. The van der Waals surface area contributed by atoms with Gasteiger partial charge in [0, 0.05) is 30.8 Å². The molecule has 4 rings (SSSR count). The van der Waals surface area contributed by atoms with E-state index >= 15 is 0 Å². The van der Waals surface area contributed by atoms with Crippen LogP contribution in [0.15, 0.2) is 30.3 Å². The predicted octanol–water partition coefficient (Wildman–Crippen LogP) is 2.95. The first-order chi connectivity index (χ1) is 12.1. The van der Waals surface area contributed by atoms with Gasteiger partial charge in [0.25, 0.3) is 0 Å². The SMILES string of the molecule is CN1CC2CCC(C1)C2OC(=O)C(O)(c1ccccc1)C1CCCC1. The van der Waals surface area contributed by atoms with E-state index in [-0.39, 0.29) is 12.0 Å². The maximum atomic E-state index is 13.2. The van der Waals surface area contributed by atoms with Crippen LogP contribution >= 0.6 is 0 Å². The van der Waals surface area contributed by atoms with E-state index in [9.17, 15) is 9.90 Å². The number of piperidine rings is 1. The minimum Gasteiger partial charge on any atom is -0.459 e. The Hall–Kier alpha value is -1.39. The zero-order valence-electron chi connectivity index (χ0n) is 15.1. The van der Waals surface area contributed by atoms with Crippen molar-refractivity contribution in [3.63, 3.8) is 0 Å². The molecule has 3 unspecified atom stereocenters. The van der Waals surface area contributed by atoms with Gasteiger partial charge in [-0.05, 0) is 38.3 Å². The van der Waals surface area contributed by atoms with E-state index in [2.05, 4.69) is 11.9 Å². The lowest BCUT2D eigenvalue weighted by Crippen LogP contribution is -2.50. The molecule has 1 aliphatic heterocycles. The molecule has 1 N–H and O–H groups in total. The van der Waals surface area contributed by atoms with E-state index < -0.39 is 11.6 Å². The van der Waals surface area contributed by atoms with Crippen molar-refractivity contribution in [1.29, 1.82) is 0 Å². The van der Waals surface area contributed by atoms with Crippen LogP contribution in [0.25, 0.3) is 0 Å². The van der Waals surface area contributed by atoms with E-state index in [4.69, 9.17) is 4.74 Å². The first-order valence-electron chi connectivity index (χ1n) is 9.76. The third-order valence-corrected chi connectivity index (χ3v) is 6.64. The van der Waals surface area contributed by atoms with Gasteiger partial charge in [0.2, 0.25) is 0 Å². The molecule has 1 saturated heterocycles. The number of hydrogen-bond acceptors (Lipinski definition) is 4. The van der Waals surface area contributed by atoms with E-state index in [1.54, 1.807) is 0 Å². The molecule has 25 heavy (non-hydrogen) atoms. The Morgan fingerprint density at radius 2 is 1.68 bits per heavy atom. The average Bonchev–Trinajstić information content (AvgIpc) is 3.23. The third-order valence-electron chi connectivity index (χ3n) is 6.64. The highest BCUT2D eigenvalue weighted by atomic mass is 16.6. The molecular weight excluding hydrogens is 314 g/mol. The lowest BCUT2D eigenvalue weighted by molar-refractivity contribution is -0.185. The second-order valence-electron chi connectivity index (χ2n) is 8.30. The van der Waals surface area contributed by atoms with E-state index in [1.807, 2.05) is 30.3 Å². The Labute approximate surface area is 150 Å². The molecule has 0 spiro atoms. The van der Waals surface area contributed by atoms with Gasteiger partial charge in [-0.1, -0.05) is 43.2 Å². The summed E-state index contributed by atoms with van der Waals surface area (Å²) in [6, 6.07) is 9.43. The fourth-order valence-corrected chi connectivity index (χ4v) is 5.37. The van der Waals surface area contributed by atoms with Crippen molar-refractivity contribution in [2.75, 3.05) is 20.1 Å². The number of aliphatic hydroxyl groups is 1. The van der Waals surface area contributed by atoms with Gasteiger partial charge in [-0.15, -0.1) is 0 Å². The molecule has 4 nitrogen and oxygen atoms in total. The van der Waals surface area contributed by atoms with Crippen molar-refractivity contribution < 1.29 is 14.6 Å². The van der Waals surface area contributed by atoms with Crippen LogP contribution < -0.4 is 0 Å². The smallest absolute Gasteiger partial charge is 0.343 e. The van der Waals surface area contributed by atoms with Crippen LogP contribution in [-0.2, 0) is 15.1 Å². The summed E-state index contributed by atoms with van der Waals surface area (Å²) in [7, 11) is 2.14. The van der Waals surface area contributed by atoms with Gasteiger partial charge in [0.1, 0.15) is 6.10 Å². The number of carbonyl (C=O) groups excluding carboxylic acids is 1. The van der Waals surface area contributed by atoms with Crippen LogP contribution in [0.1, 0.15) is 44.1 Å². The molecule has 3 fully saturated rings. The molecule has 3 atom stereocenters. The summed E-state index contributed by atoms with van der Waals surface area (Å²) in [6.45, 7) is 1.98. The molecule has 2 saturated carbocycles. The standard InChI is InChI=1S/C21H29NO3/c1-22-13-15-11-12-16(14-22)19(15)25-20(23)21(24,18-9-5-6-10-18)17-7-3-2-4-8-17/h2-4,7-8,15-16,18-19,24H,5-6,9-14H2,1H3. The highest BCUT2D eigenvalue weighted by Crippen LogP contribution is 2.44. The Balaban J connectivity index is 1.58. The average molecular weight is 343 g/mol. The van der Waals surface area contributed by atoms with Crippen molar-refractivity contribution in [3.05, 3.63) is 35.9 Å². The number of nitrogens with zero attached hydrogens (tertiary/aromatic N) is 1. The summed E-state index contributed by atoms with van der Waals surface area (Å²) < 4.78 is 6.04. The first kappa shape index (κ1) is 17.0. The molecular formula is C21H29NO3. The van der Waals surface area contributed by atoms with Crippen LogP contribution in [0, 0.1) is 17.8 Å². The van der Waals surface area contributed by atoms with Crippen LogP contribution in [-0.4, -0.2) is 42.2 Å². The fraction of sp³-hybridized carbons (Fsp3) is 0.667. The van der Waals surface area contributed by atoms with Gasteiger partial charge in [-0.25, -0.2) is 4.79 Å². The molecule has 0 amide bonds. The Bertz CT molecular complexity index is 599. The van der Waals surface area contributed by atoms with Gasteiger partial charge in [0.15, 0.2) is 5.60 Å². The minimum absolute atomic E-state index is 0.0275. The normalized spacial score (nSPS) is 32.5.